The first-order chi connectivity index (χ1) is 16.0. The van der Waals surface area contributed by atoms with Crippen LogP contribution in [0.3, 0.4) is 0 Å². The molecule has 1 aromatic heterocycles. The summed E-state index contributed by atoms with van der Waals surface area (Å²) in [7, 11) is 1.45. The van der Waals surface area contributed by atoms with Gasteiger partial charge in [0.25, 0.3) is 0 Å². The third kappa shape index (κ3) is 2.88. The molecule has 3 atom stereocenters. The fraction of sp³-hybridized carbons (Fsp3) is 0.423. The molecule has 34 heavy (non-hydrogen) atoms. The van der Waals surface area contributed by atoms with Crippen LogP contribution in [0, 0.1) is 0 Å². The SMILES string of the molecule is COc1ccc(-c2coc3c4c(c(C5CC(C)(C)O5)c(O)c3c2=O)OC(C)(C)C2OC42)cc1O. The van der Waals surface area contributed by atoms with Gasteiger partial charge in [-0.3, -0.25) is 4.79 Å². The highest BCUT2D eigenvalue weighted by Crippen LogP contribution is 2.61. The highest BCUT2D eigenvalue weighted by molar-refractivity contribution is 5.94. The molecule has 0 spiro atoms. The van der Waals surface area contributed by atoms with Crippen LogP contribution in [-0.4, -0.2) is 34.6 Å². The first kappa shape index (κ1) is 21.3. The number of aromatic hydroxyl groups is 2. The lowest BCUT2D eigenvalue weighted by Gasteiger charge is -2.44. The normalized spacial score (nSPS) is 25.6. The molecular formula is C26H26O8. The summed E-state index contributed by atoms with van der Waals surface area (Å²) in [5.74, 6) is 0.434. The zero-order valence-electron chi connectivity index (χ0n) is 19.6. The summed E-state index contributed by atoms with van der Waals surface area (Å²) in [5, 5.41) is 21.7. The van der Waals surface area contributed by atoms with E-state index in [1.807, 2.05) is 27.7 Å². The molecule has 178 valence electrons. The lowest BCUT2D eigenvalue weighted by molar-refractivity contribution is -0.189. The maximum absolute atomic E-state index is 13.7. The van der Waals surface area contributed by atoms with E-state index in [1.165, 1.54) is 19.4 Å². The van der Waals surface area contributed by atoms with Gasteiger partial charge < -0.3 is 33.6 Å². The Morgan fingerprint density at radius 3 is 2.50 bits per heavy atom. The van der Waals surface area contributed by atoms with Gasteiger partial charge >= 0.3 is 0 Å². The Morgan fingerprint density at radius 1 is 1.12 bits per heavy atom. The lowest BCUT2D eigenvalue weighted by atomic mass is 9.83. The maximum Gasteiger partial charge on any atom is 0.204 e. The van der Waals surface area contributed by atoms with Crippen molar-refractivity contribution in [3.05, 3.63) is 45.8 Å². The second-order valence-corrected chi connectivity index (χ2v) is 10.3. The first-order valence-corrected chi connectivity index (χ1v) is 11.3. The fourth-order valence-corrected chi connectivity index (χ4v) is 5.26. The quantitative estimate of drug-likeness (QED) is 0.533. The Kier molecular flexibility index (Phi) is 4.18. The molecule has 0 saturated carbocycles. The Balaban J connectivity index is 1.61. The average molecular weight is 466 g/mol. The molecule has 6 rings (SSSR count). The first-order valence-electron chi connectivity index (χ1n) is 11.3. The van der Waals surface area contributed by atoms with E-state index in [4.69, 9.17) is 23.4 Å². The number of phenols is 2. The van der Waals surface area contributed by atoms with Crippen molar-refractivity contribution in [3.63, 3.8) is 0 Å². The molecule has 8 heteroatoms. The molecule has 2 N–H and O–H groups in total. The number of rotatable bonds is 3. The van der Waals surface area contributed by atoms with E-state index in [0.717, 1.165) is 0 Å². The minimum atomic E-state index is -0.605. The van der Waals surface area contributed by atoms with Crippen LogP contribution in [0.1, 0.15) is 57.5 Å². The van der Waals surface area contributed by atoms with E-state index in [9.17, 15) is 15.0 Å². The topological polar surface area (TPSA) is 111 Å². The van der Waals surface area contributed by atoms with Gasteiger partial charge in [0.05, 0.1) is 35.5 Å². The van der Waals surface area contributed by atoms with Crippen molar-refractivity contribution in [3.8, 4) is 34.1 Å². The number of phenolic OH excluding ortho intramolecular Hbond substituents is 2. The summed E-state index contributed by atoms with van der Waals surface area (Å²) in [4.78, 5) is 13.7. The smallest absolute Gasteiger partial charge is 0.204 e. The van der Waals surface area contributed by atoms with Crippen LogP contribution in [0.2, 0.25) is 0 Å². The van der Waals surface area contributed by atoms with Gasteiger partial charge in [0.2, 0.25) is 5.43 Å². The van der Waals surface area contributed by atoms with Gasteiger partial charge in [-0.25, -0.2) is 0 Å². The third-order valence-electron chi connectivity index (χ3n) is 7.00. The van der Waals surface area contributed by atoms with E-state index in [2.05, 4.69) is 0 Å². The Bertz CT molecular complexity index is 1410. The van der Waals surface area contributed by atoms with Crippen molar-refractivity contribution in [2.75, 3.05) is 7.11 Å². The van der Waals surface area contributed by atoms with Crippen LogP contribution in [0.25, 0.3) is 22.1 Å². The van der Waals surface area contributed by atoms with Crippen molar-refractivity contribution < 1.29 is 33.6 Å². The minimum absolute atomic E-state index is 0.0485. The molecule has 2 saturated heterocycles. The summed E-state index contributed by atoms with van der Waals surface area (Å²) >= 11 is 0. The number of hydrogen-bond acceptors (Lipinski definition) is 8. The summed E-state index contributed by atoms with van der Waals surface area (Å²) < 4.78 is 29.4. The summed E-state index contributed by atoms with van der Waals surface area (Å²) in [6.07, 6.45) is 1.10. The zero-order valence-corrected chi connectivity index (χ0v) is 19.6. The molecule has 2 fully saturated rings. The molecule has 3 unspecified atom stereocenters. The van der Waals surface area contributed by atoms with E-state index in [1.54, 1.807) is 12.1 Å². The molecule has 3 aliphatic heterocycles. The van der Waals surface area contributed by atoms with Crippen LogP contribution in [0.4, 0.5) is 0 Å². The Labute approximate surface area is 195 Å². The highest BCUT2D eigenvalue weighted by Gasteiger charge is 2.59. The maximum atomic E-state index is 13.7. The van der Waals surface area contributed by atoms with Crippen molar-refractivity contribution in [1.29, 1.82) is 0 Å². The number of ether oxygens (including phenoxy) is 4. The van der Waals surface area contributed by atoms with Gasteiger partial charge in [-0.2, -0.15) is 0 Å². The molecule has 4 heterocycles. The second-order valence-electron chi connectivity index (χ2n) is 10.3. The van der Waals surface area contributed by atoms with Gasteiger partial charge in [0.15, 0.2) is 17.1 Å². The second kappa shape index (κ2) is 6.67. The van der Waals surface area contributed by atoms with Crippen LogP contribution in [0.5, 0.6) is 23.0 Å². The predicted octanol–water partition coefficient (Wildman–Crippen LogP) is 4.73. The van der Waals surface area contributed by atoms with E-state index in [0.29, 0.717) is 28.9 Å². The lowest BCUT2D eigenvalue weighted by Crippen LogP contribution is -2.42. The summed E-state index contributed by atoms with van der Waals surface area (Å²) in [6, 6.07) is 4.64. The number of methoxy groups -OCH3 is 1. The summed E-state index contributed by atoms with van der Waals surface area (Å²) in [5.41, 5.74) is 0.588. The Hall–Kier alpha value is -3.23. The van der Waals surface area contributed by atoms with Crippen molar-refractivity contribution >= 4 is 11.0 Å². The van der Waals surface area contributed by atoms with Gasteiger partial charge in [-0.1, -0.05) is 6.07 Å². The van der Waals surface area contributed by atoms with Crippen molar-refractivity contribution in [2.45, 2.75) is 63.6 Å². The van der Waals surface area contributed by atoms with Crippen molar-refractivity contribution in [2.24, 2.45) is 0 Å². The van der Waals surface area contributed by atoms with E-state index in [-0.39, 0.29) is 51.6 Å². The average Bonchev–Trinajstić information content (AvgIpc) is 3.54. The van der Waals surface area contributed by atoms with Crippen LogP contribution < -0.4 is 14.9 Å². The highest BCUT2D eigenvalue weighted by atomic mass is 16.6. The predicted molar refractivity (Wildman–Crippen MR) is 123 cm³/mol. The molecule has 8 nitrogen and oxygen atoms in total. The van der Waals surface area contributed by atoms with Crippen LogP contribution in [0.15, 0.2) is 33.7 Å². The van der Waals surface area contributed by atoms with Gasteiger partial charge in [-0.05, 0) is 45.4 Å². The fourth-order valence-electron chi connectivity index (χ4n) is 5.26. The Morgan fingerprint density at radius 2 is 1.85 bits per heavy atom. The van der Waals surface area contributed by atoms with E-state index >= 15 is 0 Å². The summed E-state index contributed by atoms with van der Waals surface area (Å²) in [6.45, 7) is 7.82. The molecular weight excluding hydrogens is 440 g/mol. The van der Waals surface area contributed by atoms with Crippen LogP contribution in [-0.2, 0) is 9.47 Å². The number of benzene rings is 2. The molecule has 0 aliphatic carbocycles. The molecule has 0 radical (unpaired) electrons. The number of fused-ring (bicyclic) bond motifs is 5. The monoisotopic (exact) mass is 466 g/mol. The molecule has 3 aromatic rings. The molecule has 0 amide bonds. The van der Waals surface area contributed by atoms with Gasteiger partial charge in [0.1, 0.15) is 41.0 Å². The van der Waals surface area contributed by atoms with Gasteiger partial charge in [-0.15, -0.1) is 0 Å². The van der Waals surface area contributed by atoms with E-state index < -0.39 is 17.1 Å². The largest absolute Gasteiger partial charge is 0.506 e. The molecule has 0 bridgehead atoms. The van der Waals surface area contributed by atoms with Crippen molar-refractivity contribution in [1.82, 2.24) is 0 Å². The molecule has 3 aliphatic rings. The molecule has 2 aromatic carbocycles. The minimum Gasteiger partial charge on any atom is -0.506 e. The number of hydrogen-bond donors (Lipinski definition) is 2. The zero-order chi connectivity index (χ0) is 24.2. The van der Waals surface area contributed by atoms with Gasteiger partial charge in [0, 0.05) is 6.42 Å². The third-order valence-corrected chi connectivity index (χ3v) is 7.00. The standard InChI is InChI=1S/C26H26O8/c1-25(2)9-15(33-25)16-20(29)17-19(28)12(11-6-7-14(30-5)13(27)8-11)10-31-21(17)18-22(16)34-26(3,4)24-23(18)32-24/h6-8,10,15,23-24,27,29H,9H2,1-5H3. The number of epoxide rings is 1. The van der Waals surface area contributed by atoms with Crippen LogP contribution >= 0.6 is 0 Å².